The van der Waals surface area contributed by atoms with Gasteiger partial charge < -0.3 is 122 Å². The van der Waals surface area contributed by atoms with Crippen LogP contribution in [-0.2, 0) is 85.5 Å². The largest absolute Gasteiger partial charge is 0.459 e. The van der Waals surface area contributed by atoms with Crippen molar-refractivity contribution in [2.45, 2.75) is 358 Å². The lowest BCUT2D eigenvalue weighted by Crippen LogP contribution is -2.62. The highest BCUT2D eigenvalue weighted by Gasteiger charge is 2.57. The molecule has 6 saturated heterocycles. The third-order valence-electron chi connectivity index (χ3n) is 25.0. The number of aliphatic hydroxyl groups excluding tert-OH is 6. The molecule has 109 heavy (non-hydrogen) atoms. The minimum Gasteiger partial charge on any atom is -0.459 e. The van der Waals surface area contributed by atoms with Gasteiger partial charge in [-0.05, 0) is 136 Å². The average molecular weight is 1570 g/mol. The Balaban J connectivity index is 1.33. The lowest BCUT2D eigenvalue weighted by molar-refractivity contribution is -0.319. The third kappa shape index (κ3) is 22.3. The summed E-state index contributed by atoms with van der Waals surface area (Å²) in [4.78, 5) is 53.6. The van der Waals surface area contributed by atoms with Crippen molar-refractivity contribution in [3.8, 4) is 0 Å². The molecule has 636 valence electrons. The number of cyclic esters (lactones) is 2. The highest BCUT2D eigenvalue weighted by Crippen LogP contribution is 2.45. The van der Waals surface area contributed by atoms with E-state index in [4.69, 9.17) is 71.2 Å². The van der Waals surface area contributed by atoms with Crippen molar-refractivity contribution in [2.75, 3.05) is 68.5 Å². The molecule has 31 heteroatoms. The fraction of sp³-hybridized carbons (Fsp3) is 0.949. The molecule has 0 aromatic carbocycles. The summed E-state index contributed by atoms with van der Waals surface area (Å²) in [7, 11) is 8.11. The Morgan fingerprint density at radius 1 is 0.495 bits per heavy atom. The number of hydrogen-bond donors (Lipinski definition) is 10. The summed E-state index contributed by atoms with van der Waals surface area (Å²) in [5.74, 6) is -10.5. The van der Waals surface area contributed by atoms with Gasteiger partial charge in [-0.25, -0.2) is 0 Å². The highest BCUT2D eigenvalue weighted by molar-refractivity contribution is 5.89. The normalized spacial score (nSPS) is 47.8. The minimum atomic E-state index is -2.10. The first-order valence-electron chi connectivity index (χ1n) is 39.5. The van der Waals surface area contributed by atoms with Gasteiger partial charge in [0.2, 0.25) is 6.79 Å². The molecule has 0 aromatic heterocycles. The molecule has 0 radical (unpaired) electrons. The predicted octanol–water partition coefficient (Wildman–Crippen LogP) is 3.75. The predicted molar refractivity (Wildman–Crippen MR) is 397 cm³/mol. The molecule has 0 aromatic rings. The van der Waals surface area contributed by atoms with Crippen molar-refractivity contribution >= 4 is 23.4 Å². The van der Waals surface area contributed by atoms with E-state index in [9.17, 15) is 65.4 Å². The minimum absolute atomic E-state index is 0.000633. The van der Waals surface area contributed by atoms with Crippen LogP contribution in [0, 0.1) is 47.3 Å². The molecule has 0 spiro atoms. The van der Waals surface area contributed by atoms with Gasteiger partial charge in [0.25, 0.3) is 0 Å². The van der Waals surface area contributed by atoms with Crippen molar-refractivity contribution in [3.05, 3.63) is 0 Å². The third-order valence-corrected chi connectivity index (χ3v) is 25.0. The Kier molecular flexibility index (Phi) is 34.3. The van der Waals surface area contributed by atoms with Crippen molar-refractivity contribution in [3.63, 3.8) is 0 Å². The first-order valence-corrected chi connectivity index (χ1v) is 39.5. The topological polar surface area (TPSA) is 411 Å². The van der Waals surface area contributed by atoms with Crippen LogP contribution in [0.1, 0.15) is 190 Å². The SMILES string of the molecule is CC[C@H]1OC(=O)[C@H](C)[C@@H](OC2CC(C)(OC)C(O)C(C)O2)[C@H](C)[C@@H](OC2OC(C)CC(N(C)CCN(C)C3CC(C)OC(O[C@@H]4[C@@H](C)[C@H](OC5CC(C)(OC)C(O)C(C)O5)[C@@H](C)C(=O)O[C@H](CC)[C@@](C)(O)[C@H](O)[C@@H](C)/C(=N/OCOCCOC)[C@H](C)C[C@]4(C)O)C3O)C2O)[C@@](C)(O)C[C@@H](C)C(=O)[C@H](C)[C@@H](O)[C@]1(C)O. The van der Waals surface area contributed by atoms with Crippen molar-refractivity contribution in [2.24, 2.45) is 52.5 Å². The van der Waals surface area contributed by atoms with E-state index < -0.39 is 234 Å². The van der Waals surface area contributed by atoms with E-state index >= 15 is 0 Å². The number of aliphatic hydroxyl groups is 10. The van der Waals surface area contributed by atoms with Gasteiger partial charge in [0.1, 0.15) is 53.6 Å². The van der Waals surface area contributed by atoms with Gasteiger partial charge in [0.15, 0.2) is 25.2 Å². The molecule has 0 saturated carbocycles. The van der Waals surface area contributed by atoms with Crippen LogP contribution in [0.5, 0.6) is 0 Å². The number of ketones is 1. The summed E-state index contributed by atoms with van der Waals surface area (Å²) in [6.45, 7) is 33.3. The summed E-state index contributed by atoms with van der Waals surface area (Å²) < 4.78 is 88.0. The van der Waals surface area contributed by atoms with Crippen LogP contribution in [0.4, 0.5) is 0 Å². The quantitative estimate of drug-likeness (QED) is 0.0301. The lowest BCUT2D eigenvalue weighted by atomic mass is 9.73. The number of hydrogen-bond acceptors (Lipinski definition) is 31. The fourth-order valence-electron chi connectivity index (χ4n) is 17.8. The number of carbonyl (C=O) groups excluding carboxylic acids is 3. The summed E-state index contributed by atoms with van der Waals surface area (Å²) in [5.41, 5.74) is -10.2. The molecule has 6 rings (SSSR count). The average Bonchev–Trinajstić information content (AvgIpc) is 0.775. The summed E-state index contributed by atoms with van der Waals surface area (Å²) in [5, 5.41) is 127. The van der Waals surface area contributed by atoms with Crippen molar-refractivity contribution in [1.29, 1.82) is 0 Å². The summed E-state index contributed by atoms with van der Waals surface area (Å²) in [6, 6.07) is -1.34. The van der Waals surface area contributed by atoms with Crippen LogP contribution in [0.15, 0.2) is 5.16 Å². The number of methoxy groups -OCH3 is 3. The van der Waals surface area contributed by atoms with E-state index in [0.717, 1.165) is 0 Å². The van der Waals surface area contributed by atoms with Crippen LogP contribution in [0.2, 0.25) is 0 Å². The maximum absolute atomic E-state index is 14.9. The molecule has 6 aliphatic heterocycles. The van der Waals surface area contributed by atoms with Gasteiger partial charge in [0.05, 0.1) is 114 Å². The molecule has 0 amide bonds. The Morgan fingerprint density at radius 2 is 0.881 bits per heavy atom. The van der Waals surface area contributed by atoms with Crippen molar-refractivity contribution < 1.29 is 137 Å². The first-order chi connectivity index (χ1) is 50.6. The monoisotopic (exact) mass is 1570 g/mol. The number of esters is 2. The highest BCUT2D eigenvalue weighted by atomic mass is 16.8. The smallest absolute Gasteiger partial charge is 0.311 e. The molecule has 36 atom stereocenters. The number of likely N-dealkylation sites (N-methyl/N-ethyl adjacent to an activating group) is 2. The summed E-state index contributed by atoms with van der Waals surface area (Å²) >= 11 is 0. The molecular formula is C78H141N3O28. The second-order valence-electron chi connectivity index (χ2n) is 34.2. The maximum Gasteiger partial charge on any atom is 0.311 e. The van der Waals surface area contributed by atoms with E-state index in [1.165, 1.54) is 49.0 Å². The van der Waals surface area contributed by atoms with Crippen LogP contribution in [0.25, 0.3) is 0 Å². The van der Waals surface area contributed by atoms with Gasteiger partial charge in [0, 0.05) is 94.9 Å². The number of Topliss-reactive ketones (excluding diaryl/α,β-unsaturated/α-hetero) is 1. The maximum atomic E-state index is 14.9. The Morgan fingerprint density at radius 3 is 1.26 bits per heavy atom. The van der Waals surface area contributed by atoms with E-state index in [2.05, 4.69) is 5.16 Å². The second-order valence-corrected chi connectivity index (χ2v) is 34.2. The number of rotatable bonds is 23. The van der Waals surface area contributed by atoms with E-state index in [1.54, 1.807) is 96.9 Å². The molecule has 31 nitrogen and oxygen atoms in total. The zero-order valence-electron chi connectivity index (χ0n) is 69.7. The lowest BCUT2D eigenvalue weighted by Gasteiger charge is -2.49. The zero-order valence-corrected chi connectivity index (χ0v) is 69.7. The van der Waals surface area contributed by atoms with Gasteiger partial charge in [-0.3, -0.25) is 24.2 Å². The molecule has 10 N–H and O–H groups in total. The molecule has 6 fully saturated rings. The molecule has 6 heterocycles. The molecule has 0 bridgehead atoms. The molecular weight excluding hydrogens is 1430 g/mol. The Bertz CT molecular complexity index is 2880. The van der Waals surface area contributed by atoms with Gasteiger partial charge in [-0.15, -0.1) is 0 Å². The number of nitrogens with zero attached hydrogens (tertiary/aromatic N) is 3. The number of ether oxygens (including phenoxy) is 14. The zero-order chi connectivity index (χ0) is 82.3. The van der Waals surface area contributed by atoms with Gasteiger partial charge >= 0.3 is 11.9 Å². The first kappa shape index (κ1) is 95.0. The number of oxime groups is 1. The Hall–Kier alpha value is -2.88. The van der Waals surface area contributed by atoms with Crippen LogP contribution >= 0.6 is 0 Å². The van der Waals surface area contributed by atoms with E-state index in [1.807, 2.05) is 37.7 Å². The van der Waals surface area contributed by atoms with Crippen molar-refractivity contribution in [1.82, 2.24) is 9.80 Å². The molecule has 16 unspecified atom stereocenters. The van der Waals surface area contributed by atoms with E-state index in [0.29, 0.717) is 12.8 Å². The molecule has 6 aliphatic rings. The molecule has 0 aliphatic carbocycles. The van der Waals surface area contributed by atoms with Gasteiger partial charge in [-0.1, -0.05) is 60.5 Å². The van der Waals surface area contributed by atoms with Gasteiger partial charge in [-0.2, -0.15) is 0 Å². The second kappa shape index (κ2) is 39.4. The standard InChI is InChI=1S/C78H141N3O28/c1-26-53-77(19,93)63(85)43(7)57(79-99-38-98-31-30-95-23)39(3)34-73(15,91)67(45(9)61(47(11)69(89)104-53)106-55-36-75(17,96-24)65(87)49(13)102-55)108-71-59(83)51(32-41(5)100-71)80(21)28-29-81(22)52-33-42(6)101-72(60(52)84)109-68-46(10)62(107-56-37-76(18,97-25)66(88)50(14)103-56)48(12)70(90)105-54(27-2)78(20,94)64(86)44(8)58(82)40(4)35-74(68,16)92/h39-56,59-68,71-72,83-88,91-94H,26-38H2,1-25H3/b79-57+/t39-,40-,41?,42?,43+,44+,45+,46+,47-,48-,49?,50?,51?,52?,53-,54-,55?,56?,59?,60?,61+,62+,63-,64-,65?,66?,67-,68-,71?,72?,73+,74+,75?,76?,77-,78-/m1/s1. The van der Waals surface area contributed by atoms with E-state index in [-0.39, 0.29) is 77.3 Å². The summed E-state index contributed by atoms with van der Waals surface area (Å²) in [6.07, 6.45) is -23.7. The number of carbonyl (C=O) groups is 3. The fourth-order valence-corrected chi connectivity index (χ4v) is 17.8. The van der Waals surface area contributed by atoms with Crippen LogP contribution < -0.4 is 0 Å². The Labute approximate surface area is 646 Å². The van der Waals surface area contributed by atoms with Crippen LogP contribution in [-0.4, -0.2) is 321 Å². The van der Waals surface area contributed by atoms with Crippen LogP contribution in [0.3, 0.4) is 0 Å².